The summed E-state index contributed by atoms with van der Waals surface area (Å²) in [7, 11) is -3.54. The molecule has 1 aromatic heterocycles. The average Bonchev–Trinajstić information content (AvgIpc) is 2.94. The molecule has 0 amide bonds. The molecule has 0 fully saturated rings. The van der Waals surface area contributed by atoms with Crippen LogP contribution >= 0.6 is 0 Å². The molecule has 2 N–H and O–H groups in total. The lowest BCUT2D eigenvalue weighted by atomic mass is 10.1. The molecule has 1 unspecified atom stereocenters. The Morgan fingerprint density at radius 3 is 2.90 bits per heavy atom. The number of fused-ring (bicyclic) bond motifs is 1. The van der Waals surface area contributed by atoms with E-state index < -0.39 is 10.0 Å². The van der Waals surface area contributed by atoms with Gasteiger partial charge in [0.05, 0.1) is 11.4 Å². The van der Waals surface area contributed by atoms with E-state index in [0.29, 0.717) is 18.9 Å². The van der Waals surface area contributed by atoms with Gasteiger partial charge in [-0.25, -0.2) is 8.42 Å². The maximum Gasteiger partial charge on any atom is 0.243 e. The molecule has 0 bridgehead atoms. The smallest absolute Gasteiger partial charge is 0.243 e. The Morgan fingerprint density at radius 2 is 2.14 bits per heavy atom. The van der Waals surface area contributed by atoms with Gasteiger partial charge < -0.3 is 10.3 Å². The Morgan fingerprint density at radius 1 is 1.33 bits per heavy atom. The third kappa shape index (κ3) is 2.57. The first-order chi connectivity index (χ1) is 9.98. The molecular weight excluding hydrogens is 290 g/mol. The van der Waals surface area contributed by atoms with Gasteiger partial charge in [0.15, 0.2) is 0 Å². The summed E-state index contributed by atoms with van der Waals surface area (Å²) < 4.78 is 28.7. The molecule has 8 heteroatoms. The quantitative estimate of drug-likeness (QED) is 0.891. The van der Waals surface area contributed by atoms with Gasteiger partial charge in [0, 0.05) is 19.1 Å². The number of aromatic nitrogens is 3. The van der Waals surface area contributed by atoms with Crippen LogP contribution in [0.2, 0.25) is 0 Å². The zero-order chi connectivity index (χ0) is 15.0. The fourth-order valence-corrected chi connectivity index (χ4v) is 3.80. The van der Waals surface area contributed by atoms with Gasteiger partial charge in [0.25, 0.3) is 0 Å². The van der Waals surface area contributed by atoms with Gasteiger partial charge in [0.2, 0.25) is 10.0 Å². The van der Waals surface area contributed by atoms with Crippen LogP contribution in [-0.4, -0.2) is 34.0 Å². The maximum absolute atomic E-state index is 12.7. The van der Waals surface area contributed by atoms with E-state index in [1.54, 1.807) is 24.5 Å². The Bertz CT molecular complexity index is 753. The second-order valence-corrected chi connectivity index (χ2v) is 7.08. The summed E-state index contributed by atoms with van der Waals surface area (Å²) in [6, 6.07) is 6.58. The topological polar surface area (TPSA) is 94.1 Å². The lowest BCUT2D eigenvalue weighted by molar-refractivity contribution is 0.335. The first-order valence-electron chi connectivity index (χ1n) is 6.71. The van der Waals surface area contributed by atoms with Crippen LogP contribution in [0, 0.1) is 0 Å². The van der Waals surface area contributed by atoms with Crippen molar-refractivity contribution in [3.05, 3.63) is 42.0 Å². The van der Waals surface area contributed by atoms with Crippen LogP contribution in [0.15, 0.2) is 35.5 Å². The second-order valence-electron chi connectivity index (χ2n) is 5.14. The Balaban J connectivity index is 1.93. The van der Waals surface area contributed by atoms with Gasteiger partial charge in [-0.2, -0.15) is 4.31 Å². The highest BCUT2D eigenvalue weighted by Crippen LogP contribution is 2.22. The number of nitrogens with two attached hydrogens (primary N) is 1. The maximum atomic E-state index is 12.7. The molecule has 1 aromatic carbocycles. The van der Waals surface area contributed by atoms with Crippen molar-refractivity contribution in [1.82, 2.24) is 19.1 Å². The fourth-order valence-electron chi connectivity index (χ4n) is 2.36. The van der Waals surface area contributed by atoms with Crippen molar-refractivity contribution >= 4 is 10.0 Å². The number of hydrogen-bond acceptors (Lipinski definition) is 5. The average molecular weight is 307 g/mol. The monoisotopic (exact) mass is 307 g/mol. The number of rotatable bonds is 3. The number of sulfonamides is 1. The normalized spacial score (nSPS) is 17.4. The van der Waals surface area contributed by atoms with Crippen molar-refractivity contribution in [3.8, 4) is 0 Å². The van der Waals surface area contributed by atoms with Gasteiger partial charge in [-0.1, -0.05) is 12.1 Å². The largest absolute Gasteiger partial charge is 0.324 e. The van der Waals surface area contributed by atoms with Crippen LogP contribution in [0.5, 0.6) is 0 Å². The fraction of sp³-hybridized carbons (Fsp3) is 0.385. The van der Waals surface area contributed by atoms with Gasteiger partial charge in [0.1, 0.15) is 12.2 Å². The highest BCUT2D eigenvalue weighted by Gasteiger charge is 2.29. The van der Waals surface area contributed by atoms with E-state index in [2.05, 4.69) is 10.2 Å². The van der Waals surface area contributed by atoms with E-state index in [1.165, 1.54) is 4.31 Å². The van der Waals surface area contributed by atoms with Crippen molar-refractivity contribution in [2.24, 2.45) is 5.73 Å². The summed E-state index contributed by atoms with van der Waals surface area (Å²) in [4.78, 5) is 0.269. The summed E-state index contributed by atoms with van der Waals surface area (Å²) in [6.45, 7) is 3.05. The van der Waals surface area contributed by atoms with Gasteiger partial charge in [-0.05, 0) is 24.6 Å². The molecule has 112 valence electrons. The van der Waals surface area contributed by atoms with Crippen LogP contribution < -0.4 is 5.73 Å². The first-order valence-corrected chi connectivity index (χ1v) is 8.15. The van der Waals surface area contributed by atoms with E-state index in [9.17, 15) is 8.42 Å². The molecule has 3 rings (SSSR count). The number of nitrogens with zero attached hydrogens (tertiary/aromatic N) is 4. The van der Waals surface area contributed by atoms with Crippen molar-refractivity contribution in [3.63, 3.8) is 0 Å². The zero-order valence-electron chi connectivity index (χ0n) is 11.7. The molecule has 21 heavy (non-hydrogen) atoms. The number of benzene rings is 1. The van der Waals surface area contributed by atoms with E-state index in [4.69, 9.17) is 5.73 Å². The van der Waals surface area contributed by atoms with Crippen molar-refractivity contribution < 1.29 is 8.42 Å². The first kappa shape index (κ1) is 14.2. The minimum absolute atomic E-state index is 0.204. The van der Waals surface area contributed by atoms with Gasteiger partial charge in [-0.3, -0.25) is 0 Å². The van der Waals surface area contributed by atoms with Gasteiger partial charge >= 0.3 is 0 Å². The molecule has 1 aliphatic heterocycles. The highest BCUT2D eigenvalue weighted by molar-refractivity contribution is 7.89. The van der Waals surface area contributed by atoms with E-state index in [1.807, 2.05) is 17.6 Å². The Kier molecular flexibility index (Phi) is 3.52. The lowest BCUT2D eigenvalue weighted by Gasteiger charge is -2.26. The van der Waals surface area contributed by atoms with Crippen LogP contribution in [0.1, 0.15) is 24.4 Å². The van der Waals surface area contributed by atoms with Crippen LogP contribution in [0.25, 0.3) is 0 Å². The van der Waals surface area contributed by atoms with Crippen molar-refractivity contribution in [2.45, 2.75) is 31.0 Å². The second kappa shape index (κ2) is 5.21. The third-order valence-electron chi connectivity index (χ3n) is 3.63. The minimum Gasteiger partial charge on any atom is -0.324 e. The molecule has 0 aliphatic carbocycles. The van der Waals surface area contributed by atoms with Gasteiger partial charge in [-0.15, -0.1) is 10.2 Å². The Labute approximate surface area is 123 Å². The molecular formula is C13H17N5O2S. The minimum atomic E-state index is -3.54. The summed E-state index contributed by atoms with van der Waals surface area (Å²) in [5.74, 6) is 0.660. The predicted molar refractivity (Wildman–Crippen MR) is 76.7 cm³/mol. The lowest BCUT2D eigenvalue weighted by Crippen LogP contribution is -2.38. The molecule has 2 heterocycles. The molecule has 2 aromatic rings. The summed E-state index contributed by atoms with van der Waals surface area (Å²) in [5, 5.41) is 7.75. The molecule has 1 aliphatic rings. The van der Waals surface area contributed by atoms with E-state index in [0.717, 1.165) is 5.56 Å². The zero-order valence-corrected chi connectivity index (χ0v) is 12.5. The Hall–Kier alpha value is -1.77. The summed E-state index contributed by atoms with van der Waals surface area (Å²) in [6.07, 6.45) is 1.62. The standard InChI is InChI=1S/C13H17N5O2S/c1-10(14)11-3-2-4-12(7-11)21(19,20)18-6-5-17-9-15-16-13(17)8-18/h2-4,7,9-10H,5-6,8,14H2,1H3. The third-order valence-corrected chi connectivity index (χ3v) is 5.47. The van der Waals surface area contributed by atoms with E-state index in [-0.39, 0.29) is 17.5 Å². The molecule has 7 nitrogen and oxygen atoms in total. The van der Waals surface area contributed by atoms with Crippen molar-refractivity contribution in [1.29, 1.82) is 0 Å². The molecule has 0 saturated carbocycles. The molecule has 0 spiro atoms. The summed E-state index contributed by atoms with van der Waals surface area (Å²) >= 11 is 0. The predicted octanol–water partition coefficient (Wildman–Crippen LogP) is 0.502. The van der Waals surface area contributed by atoms with Crippen LogP contribution in [0.4, 0.5) is 0 Å². The van der Waals surface area contributed by atoms with Crippen molar-refractivity contribution in [2.75, 3.05) is 6.54 Å². The molecule has 0 radical (unpaired) electrons. The SMILES string of the molecule is CC(N)c1cccc(S(=O)(=O)N2CCn3cnnc3C2)c1. The van der Waals surface area contributed by atoms with Crippen LogP contribution in [0.3, 0.4) is 0 Å². The highest BCUT2D eigenvalue weighted by atomic mass is 32.2. The summed E-state index contributed by atoms with van der Waals surface area (Å²) in [5.41, 5.74) is 6.63. The molecule has 1 atom stereocenters. The van der Waals surface area contributed by atoms with Crippen LogP contribution in [-0.2, 0) is 23.1 Å². The number of hydrogen-bond donors (Lipinski definition) is 1. The van der Waals surface area contributed by atoms with E-state index >= 15 is 0 Å². The molecule has 0 saturated heterocycles.